The Morgan fingerprint density at radius 1 is 0.594 bits per heavy atom. The van der Waals surface area contributed by atoms with Crippen molar-refractivity contribution in [3.8, 4) is 11.5 Å². The van der Waals surface area contributed by atoms with Crippen molar-refractivity contribution < 1.29 is 19.1 Å². The minimum Gasteiger partial charge on any atom is -0.410 e. The van der Waals surface area contributed by atoms with E-state index in [2.05, 4.69) is 24.3 Å². The van der Waals surface area contributed by atoms with Crippen LogP contribution in [-0.2, 0) is 0 Å². The summed E-state index contributed by atoms with van der Waals surface area (Å²) < 4.78 is 11.5. The Kier molecular flexibility index (Phi) is 3.43. The largest absolute Gasteiger partial charge is 0.415 e. The Morgan fingerprint density at radius 3 is 1.50 bits per heavy atom. The Bertz CT molecular complexity index is 1350. The molecule has 7 rings (SSSR count). The van der Waals surface area contributed by atoms with Gasteiger partial charge in [-0.05, 0) is 33.7 Å². The number of rotatable bonds is 0. The van der Waals surface area contributed by atoms with Gasteiger partial charge < -0.3 is 9.47 Å². The van der Waals surface area contributed by atoms with Gasteiger partial charge in [0.2, 0.25) is 0 Å². The van der Waals surface area contributed by atoms with Crippen LogP contribution in [0, 0.1) is 0 Å². The number of amides is 2. The van der Waals surface area contributed by atoms with Crippen LogP contribution in [0.1, 0.15) is 23.2 Å². The normalized spacial score (nSPS) is 21.4. The molecule has 0 saturated carbocycles. The summed E-state index contributed by atoms with van der Waals surface area (Å²) in [5, 5.41) is 4.18. The molecular weight excluding hydrogens is 404 g/mol. The van der Waals surface area contributed by atoms with E-state index in [1.807, 2.05) is 48.5 Å². The van der Waals surface area contributed by atoms with Gasteiger partial charge >= 0.3 is 12.2 Å². The summed E-state index contributed by atoms with van der Waals surface area (Å²) in [6.07, 6.45) is -0.753. The lowest BCUT2D eigenvalue weighted by Gasteiger charge is -2.51. The second-order valence-electron chi connectivity index (χ2n) is 8.41. The van der Waals surface area contributed by atoms with Crippen LogP contribution >= 0.6 is 0 Å². The summed E-state index contributed by atoms with van der Waals surface area (Å²) in [5.41, 5.74) is 1.87. The van der Waals surface area contributed by atoms with E-state index >= 15 is 0 Å². The molecule has 0 radical (unpaired) electrons. The maximum Gasteiger partial charge on any atom is 0.415 e. The molecular formula is C26H18N2O4. The van der Waals surface area contributed by atoms with Gasteiger partial charge in [0.25, 0.3) is 0 Å². The third-order valence-corrected chi connectivity index (χ3v) is 6.87. The molecule has 2 atom stereocenters. The Morgan fingerprint density at radius 2 is 1.03 bits per heavy atom. The molecule has 3 aliphatic heterocycles. The van der Waals surface area contributed by atoms with Crippen molar-refractivity contribution in [3.05, 3.63) is 83.9 Å². The van der Waals surface area contributed by atoms with E-state index in [9.17, 15) is 9.59 Å². The summed E-state index contributed by atoms with van der Waals surface area (Å²) in [6.45, 7) is 0.774. The quantitative estimate of drug-likeness (QED) is 0.380. The van der Waals surface area contributed by atoms with Crippen LogP contribution in [0.4, 0.5) is 9.59 Å². The van der Waals surface area contributed by atoms with Crippen molar-refractivity contribution in [1.29, 1.82) is 0 Å². The lowest BCUT2D eigenvalue weighted by Crippen LogP contribution is -2.58. The highest BCUT2D eigenvalue weighted by Crippen LogP contribution is 2.54. The highest BCUT2D eigenvalue weighted by Gasteiger charge is 2.51. The van der Waals surface area contributed by atoms with Crippen molar-refractivity contribution in [1.82, 2.24) is 9.80 Å². The van der Waals surface area contributed by atoms with Gasteiger partial charge in [0.15, 0.2) is 0 Å². The van der Waals surface area contributed by atoms with Crippen molar-refractivity contribution >= 4 is 33.7 Å². The first-order chi connectivity index (χ1) is 15.7. The Hall–Kier alpha value is -4.06. The summed E-state index contributed by atoms with van der Waals surface area (Å²) in [5.74, 6) is 1.11. The Labute approximate surface area is 183 Å². The van der Waals surface area contributed by atoms with Crippen LogP contribution in [0.2, 0.25) is 0 Å². The number of fused-ring (bicyclic) bond motifs is 11. The SMILES string of the molecule is O=C1Oc2ccc3ccccc3c2[C@H]2[C@@H]3c4c(ccc5ccccc45)OC(=O)N3CCN12. The summed E-state index contributed by atoms with van der Waals surface area (Å²) in [4.78, 5) is 29.6. The van der Waals surface area contributed by atoms with Gasteiger partial charge in [-0.1, -0.05) is 60.7 Å². The van der Waals surface area contributed by atoms with Crippen molar-refractivity contribution in [3.63, 3.8) is 0 Å². The van der Waals surface area contributed by atoms with Crippen molar-refractivity contribution in [2.75, 3.05) is 13.1 Å². The smallest absolute Gasteiger partial charge is 0.410 e. The molecule has 3 heterocycles. The molecule has 2 amide bonds. The van der Waals surface area contributed by atoms with Gasteiger partial charge in [-0.2, -0.15) is 0 Å². The number of carbonyl (C=O) groups excluding carboxylic acids is 2. The number of hydrogen-bond donors (Lipinski definition) is 0. The summed E-state index contributed by atoms with van der Waals surface area (Å²) in [7, 11) is 0. The van der Waals surface area contributed by atoms with Crippen LogP contribution in [-0.4, -0.2) is 35.1 Å². The fourth-order valence-corrected chi connectivity index (χ4v) is 5.52. The van der Waals surface area contributed by atoms with Gasteiger partial charge in [0.1, 0.15) is 11.5 Å². The molecule has 0 aromatic heterocycles. The van der Waals surface area contributed by atoms with E-state index in [1.165, 1.54) is 0 Å². The monoisotopic (exact) mass is 422 g/mol. The fraction of sp³-hybridized carbons (Fsp3) is 0.154. The summed E-state index contributed by atoms with van der Waals surface area (Å²) in [6, 6.07) is 23.1. The number of piperazine rings is 1. The molecule has 6 heteroatoms. The Balaban J connectivity index is 1.56. The molecule has 1 fully saturated rings. The number of ether oxygens (including phenoxy) is 2. The second kappa shape index (κ2) is 6.23. The molecule has 4 aromatic rings. The number of carbonyl (C=O) groups is 2. The minimum atomic E-state index is -0.377. The predicted octanol–water partition coefficient (Wildman–Crippen LogP) is 5.42. The molecule has 0 N–H and O–H groups in total. The molecule has 4 aromatic carbocycles. The average molecular weight is 422 g/mol. The minimum absolute atomic E-state index is 0.372. The van der Waals surface area contributed by atoms with Crippen molar-refractivity contribution in [2.45, 2.75) is 12.1 Å². The zero-order chi connectivity index (χ0) is 21.4. The van der Waals surface area contributed by atoms with E-state index in [1.54, 1.807) is 9.80 Å². The summed E-state index contributed by atoms with van der Waals surface area (Å²) >= 11 is 0. The number of hydrogen-bond acceptors (Lipinski definition) is 4. The molecule has 3 aliphatic rings. The molecule has 0 bridgehead atoms. The van der Waals surface area contributed by atoms with Crippen molar-refractivity contribution in [2.24, 2.45) is 0 Å². The van der Waals surface area contributed by atoms with Crippen LogP contribution < -0.4 is 9.47 Å². The zero-order valence-corrected chi connectivity index (χ0v) is 17.0. The van der Waals surface area contributed by atoms with Gasteiger partial charge in [-0.25, -0.2) is 9.59 Å². The topological polar surface area (TPSA) is 59.1 Å². The third kappa shape index (κ3) is 2.24. The molecule has 32 heavy (non-hydrogen) atoms. The first kappa shape index (κ1) is 17.6. The maximum atomic E-state index is 13.0. The lowest BCUT2D eigenvalue weighted by atomic mass is 9.82. The highest BCUT2D eigenvalue weighted by molar-refractivity contribution is 5.94. The van der Waals surface area contributed by atoms with E-state index < -0.39 is 0 Å². The lowest BCUT2D eigenvalue weighted by molar-refractivity contribution is 0.0131. The van der Waals surface area contributed by atoms with Crippen LogP contribution in [0.25, 0.3) is 21.5 Å². The molecule has 156 valence electrons. The maximum absolute atomic E-state index is 13.0. The molecule has 0 unspecified atom stereocenters. The molecule has 0 aliphatic carbocycles. The molecule has 6 nitrogen and oxygen atoms in total. The predicted molar refractivity (Wildman–Crippen MR) is 119 cm³/mol. The van der Waals surface area contributed by atoms with Gasteiger partial charge in [0.05, 0.1) is 12.1 Å². The van der Waals surface area contributed by atoms with E-state index in [-0.39, 0.29) is 24.3 Å². The molecule has 1 saturated heterocycles. The van der Waals surface area contributed by atoms with E-state index in [0.29, 0.717) is 24.6 Å². The fourth-order valence-electron chi connectivity index (χ4n) is 5.52. The van der Waals surface area contributed by atoms with Gasteiger partial charge in [-0.15, -0.1) is 0 Å². The number of benzene rings is 4. The van der Waals surface area contributed by atoms with Gasteiger partial charge in [0, 0.05) is 24.2 Å². The first-order valence-electron chi connectivity index (χ1n) is 10.7. The average Bonchev–Trinajstić information content (AvgIpc) is 2.83. The second-order valence-corrected chi connectivity index (χ2v) is 8.41. The van der Waals surface area contributed by atoms with Crippen LogP contribution in [0.3, 0.4) is 0 Å². The number of nitrogens with zero attached hydrogens (tertiary/aromatic N) is 2. The van der Waals surface area contributed by atoms with Crippen LogP contribution in [0.5, 0.6) is 11.5 Å². The molecule has 0 spiro atoms. The standard InChI is InChI=1S/C26H18N2O4/c29-25-27-13-14-28-24(22-18-8-4-2-6-16(18)10-12-20(22)32-26(28)30)23(27)21-17-7-3-1-5-15(17)9-11-19(21)31-25/h1-12,23-24H,13-14H2/t23-,24-/m0/s1. The van der Waals surface area contributed by atoms with E-state index in [0.717, 1.165) is 32.7 Å². The first-order valence-corrected chi connectivity index (χ1v) is 10.7. The van der Waals surface area contributed by atoms with Crippen LogP contribution in [0.15, 0.2) is 72.8 Å². The van der Waals surface area contributed by atoms with Gasteiger partial charge in [-0.3, -0.25) is 9.80 Å². The third-order valence-electron chi connectivity index (χ3n) is 6.87. The van der Waals surface area contributed by atoms with E-state index in [4.69, 9.17) is 9.47 Å². The zero-order valence-electron chi connectivity index (χ0n) is 17.0. The highest BCUT2D eigenvalue weighted by atomic mass is 16.6.